The van der Waals surface area contributed by atoms with Crippen molar-refractivity contribution in [3.8, 4) is 5.75 Å². The Kier molecular flexibility index (Phi) is 4.33. The summed E-state index contributed by atoms with van der Waals surface area (Å²) in [6.45, 7) is 0.775. The van der Waals surface area contributed by atoms with Crippen LogP contribution in [0.2, 0.25) is 0 Å². The quantitative estimate of drug-likeness (QED) is 0.556. The van der Waals surface area contributed by atoms with Crippen molar-refractivity contribution in [3.05, 3.63) is 54.4 Å². The summed E-state index contributed by atoms with van der Waals surface area (Å²) < 4.78 is 19.7. The number of ether oxygens (including phenoxy) is 1. The normalized spacial score (nSPS) is 11.4. The molecule has 0 radical (unpaired) electrons. The van der Waals surface area contributed by atoms with Crippen LogP contribution in [0.1, 0.15) is 12.1 Å². The molecule has 0 saturated carbocycles. The van der Waals surface area contributed by atoms with Crippen molar-refractivity contribution in [2.24, 2.45) is 0 Å². The zero-order valence-corrected chi connectivity index (χ0v) is 13.8. The fourth-order valence-electron chi connectivity index (χ4n) is 2.99. The van der Waals surface area contributed by atoms with Gasteiger partial charge >= 0.3 is 0 Å². The Labute approximate surface area is 144 Å². The molecule has 1 N–H and O–H groups in total. The first kappa shape index (κ1) is 15.6. The Bertz CT molecular complexity index is 991. The van der Waals surface area contributed by atoms with Gasteiger partial charge < -0.3 is 9.72 Å². The summed E-state index contributed by atoms with van der Waals surface area (Å²) in [5.74, 6) is 0.817. The van der Waals surface area contributed by atoms with Gasteiger partial charge in [0.1, 0.15) is 12.4 Å². The van der Waals surface area contributed by atoms with E-state index in [1.165, 1.54) is 10.8 Å². The second-order valence-electron chi connectivity index (χ2n) is 5.99. The maximum absolute atomic E-state index is 12.2. The summed E-state index contributed by atoms with van der Waals surface area (Å²) in [6, 6.07) is 14.3. The van der Waals surface area contributed by atoms with Crippen LogP contribution in [0, 0.1) is 0 Å². The molecule has 0 saturated heterocycles. The lowest BCUT2D eigenvalue weighted by molar-refractivity contribution is 0.290. The number of benzene rings is 2. The molecule has 2 heterocycles. The number of alkyl halides is 1. The van der Waals surface area contributed by atoms with Crippen molar-refractivity contribution in [1.29, 1.82) is 0 Å². The highest BCUT2D eigenvalue weighted by atomic mass is 19.1. The molecule has 0 fully saturated rings. The Hall–Kier alpha value is -2.89. The van der Waals surface area contributed by atoms with Gasteiger partial charge in [-0.2, -0.15) is 0 Å². The van der Waals surface area contributed by atoms with Crippen molar-refractivity contribution in [2.75, 3.05) is 13.3 Å². The molecule has 4 aromatic rings. The van der Waals surface area contributed by atoms with E-state index < -0.39 is 0 Å². The monoisotopic (exact) mass is 338 g/mol. The summed E-state index contributed by atoms with van der Waals surface area (Å²) in [4.78, 5) is 3.41. The molecule has 2 aromatic heterocycles. The van der Waals surface area contributed by atoms with Crippen LogP contribution in [0.25, 0.3) is 21.8 Å². The molecule has 0 aliphatic heterocycles. The molecular formula is C19H19FN4O. The van der Waals surface area contributed by atoms with E-state index in [9.17, 15) is 4.39 Å². The first-order valence-corrected chi connectivity index (χ1v) is 8.42. The average Bonchev–Trinajstić information content (AvgIpc) is 3.23. The summed E-state index contributed by atoms with van der Waals surface area (Å²) >= 11 is 0. The number of H-pyrrole nitrogens is 1. The Morgan fingerprint density at radius 3 is 2.88 bits per heavy atom. The molecule has 5 nitrogen and oxygen atoms in total. The average molecular weight is 338 g/mol. The Balaban J connectivity index is 1.41. The van der Waals surface area contributed by atoms with Crippen LogP contribution in [0.5, 0.6) is 5.75 Å². The minimum Gasteiger partial charge on any atom is -0.492 e. The van der Waals surface area contributed by atoms with Crippen LogP contribution in [-0.2, 0) is 13.0 Å². The lowest BCUT2D eigenvalue weighted by atomic mass is 10.1. The molecule has 128 valence electrons. The molecule has 6 heteroatoms. The van der Waals surface area contributed by atoms with Crippen LogP contribution in [0.3, 0.4) is 0 Å². The topological polar surface area (TPSA) is 55.7 Å². The van der Waals surface area contributed by atoms with E-state index in [-0.39, 0.29) is 6.67 Å². The number of nitrogens with one attached hydrogen (secondary N) is 1. The van der Waals surface area contributed by atoms with E-state index in [1.54, 1.807) is 4.68 Å². The second-order valence-corrected chi connectivity index (χ2v) is 5.99. The molecule has 0 atom stereocenters. The van der Waals surface area contributed by atoms with Crippen molar-refractivity contribution in [2.45, 2.75) is 19.4 Å². The Morgan fingerprint density at radius 1 is 1.08 bits per heavy atom. The smallest absolute Gasteiger partial charge is 0.121 e. The highest BCUT2D eigenvalue weighted by Crippen LogP contribution is 2.28. The second kappa shape index (κ2) is 6.93. The number of rotatable bonds is 7. The number of fused-ring (bicyclic) bond motifs is 3. The van der Waals surface area contributed by atoms with Gasteiger partial charge in [0.2, 0.25) is 0 Å². The van der Waals surface area contributed by atoms with Crippen molar-refractivity contribution >= 4 is 21.8 Å². The van der Waals surface area contributed by atoms with E-state index in [0.29, 0.717) is 26.0 Å². The van der Waals surface area contributed by atoms with Gasteiger partial charge in [0.15, 0.2) is 0 Å². The third-order valence-electron chi connectivity index (χ3n) is 4.22. The maximum Gasteiger partial charge on any atom is 0.121 e. The third-order valence-corrected chi connectivity index (χ3v) is 4.22. The van der Waals surface area contributed by atoms with E-state index in [2.05, 4.69) is 33.5 Å². The van der Waals surface area contributed by atoms with Crippen molar-refractivity contribution in [1.82, 2.24) is 20.0 Å². The Morgan fingerprint density at radius 2 is 1.96 bits per heavy atom. The molecule has 0 bridgehead atoms. The summed E-state index contributed by atoms with van der Waals surface area (Å²) in [6.07, 6.45) is 2.95. The number of nitrogens with zero attached hydrogens (tertiary/aromatic N) is 3. The van der Waals surface area contributed by atoms with Gasteiger partial charge in [-0.25, -0.2) is 4.68 Å². The van der Waals surface area contributed by atoms with Gasteiger partial charge in [0, 0.05) is 28.6 Å². The highest BCUT2D eigenvalue weighted by molar-refractivity contribution is 6.07. The van der Waals surface area contributed by atoms with E-state index in [1.807, 2.05) is 30.5 Å². The molecule has 0 aliphatic rings. The van der Waals surface area contributed by atoms with Crippen molar-refractivity contribution in [3.63, 3.8) is 0 Å². The SMILES string of the molecule is FCCCc1cn(CCOc2ccc3c(c2)[nH]c2ccccc23)nn1. The van der Waals surface area contributed by atoms with Crippen molar-refractivity contribution < 1.29 is 9.13 Å². The summed E-state index contributed by atoms with van der Waals surface area (Å²) in [5.41, 5.74) is 3.00. The predicted octanol–water partition coefficient (Wildman–Crippen LogP) is 3.89. The molecule has 4 rings (SSSR count). The minimum absolute atomic E-state index is 0.327. The van der Waals surface area contributed by atoms with Gasteiger partial charge in [-0.15, -0.1) is 5.10 Å². The van der Waals surface area contributed by atoms with Gasteiger partial charge in [0.05, 0.1) is 24.4 Å². The number of hydrogen-bond donors (Lipinski definition) is 1. The largest absolute Gasteiger partial charge is 0.492 e. The van der Waals surface area contributed by atoms with Crippen LogP contribution >= 0.6 is 0 Å². The molecular weight excluding hydrogens is 319 g/mol. The standard InChI is InChI=1S/C19H19FN4O/c20-9-3-4-14-13-24(23-22-14)10-11-25-15-7-8-17-16-5-1-2-6-18(16)21-19(17)12-15/h1-2,5-8,12-13,21H,3-4,9-11H2. The molecule has 25 heavy (non-hydrogen) atoms. The highest BCUT2D eigenvalue weighted by Gasteiger charge is 2.05. The number of aromatic amines is 1. The zero-order chi connectivity index (χ0) is 17.1. The van der Waals surface area contributed by atoms with E-state index in [0.717, 1.165) is 22.5 Å². The molecule has 0 unspecified atom stereocenters. The first-order valence-electron chi connectivity index (χ1n) is 8.42. The van der Waals surface area contributed by atoms with Gasteiger partial charge in [-0.1, -0.05) is 23.4 Å². The number of para-hydroxylation sites is 1. The number of halogens is 1. The lowest BCUT2D eigenvalue weighted by Gasteiger charge is -2.06. The van der Waals surface area contributed by atoms with E-state index in [4.69, 9.17) is 4.74 Å². The maximum atomic E-state index is 12.2. The van der Waals surface area contributed by atoms with Gasteiger partial charge in [0.25, 0.3) is 0 Å². The number of aromatic nitrogens is 4. The molecule has 0 spiro atoms. The fourth-order valence-corrected chi connectivity index (χ4v) is 2.99. The number of aryl methyl sites for hydroxylation is 1. The van der Waals surface area contributed by atoms with Gasteiger partial charge in [-0.3, -0.25) is 4.39 Å². The first-order chi connectivity index (χ1) is 12.3. The molecule has 0 aliphatic carbocycles. The van der Waals surface area contributed by atoms with Gasteiger partial charge in [-0.05, 0) is 31.0 Å². The molecule has 0 amide bonds. The lowest BCUT2D eigenvalue weighted by Crippen LogP contribution is -2.08. The number of hydrogen-bond acceptors (Lipinski definition) is 3. The fraction of sp³-hybridized carbons (Fsp3) is 0.263. The van der Waals surface area contributed by atoms with Crippen LogP contribution < -0.4 is 4.74 Å². The third kappa shape index (κ3) is 3.33. The molecule has 2 aromatic carbocycles. The zero-order valence-electron chi connectivity index (χ0n) is 13.8. The summed E-state index contributed by atoms with van der Waals surface area (Å²) in [7, 11) is 0. The predicted molar refractivity (Wildman–Crippen MR) is 95.6 cm³/mol. The summed E-state index contributed by atoms with van der Waals surface area (Å²) in [5, 5.41) is 10.5. The minimum atomic E-state index is -0.327. The van der Waals surface area contributed by atoms with E-state index >= 15 is 0 Å². The van der Waals surface area contributed by atoms with Crippen LogP contribution in [0.4, 0.5) is 4.39 Å². The van der Waals surface area contributed by atoms with Crippen LogP contribution in [-0.4, -0.2) is 33.3 Å². The van der Waals surface area contributed by atoms with Crippen LogP contribution in [0.15, 0.2) is 48.7 Å².